The van der Waals surface area contributed by atoms with Gasteiger partial charge < -0.3 is 5.32 Å². The largest absolute Gasteiger partial charge is 0.394 e. The molecule has 0 saturated heterocycles. The highest BCUT2D eigenvalue weighted by atomic mass is 14.8. The standard InChI is InChI=1S/C8H15N.C2H6.H2/c1-4-8(2)6-5-7-9-3;1-2;/h4-5,7,9H,6H2,1-3H3;1-2H3;1H/b7-5-,8-4-;;. The third-order valence-corrected chi connectivity index (χ3v) is 1.22. The average molecular weight is 157 g/mol. The molecule has 1 heteroatoms. The van der Waals surface area contributed by atoms with Crippen molar-refractivity contribution in [3.63, 3.8) is 0 Å². The van der Waals surface area contributed by atoms with Gasteiger partial charge in [0.1, 0.15) is 0 Å². The van der Waals surface area contributed by atoms with Crippen LogP contribution < -0.4 is 5.32 Å². The molecule has 0 saturated carbocycles. The highest BCUT2D eigenvalue weighted by molar-refractivity contribution is 5.02. The van der Waals surface area contributed by atoms with Crippen LogP contribution in [0.4, 0.5) is 0 Å². The highest BCUT2D eigenvalue weighted by Crippen LogP contribution is 1.98. The van der Waals surface area contributed by atoms with E-state index in [1.807, 2.05) is 27.1 Å². The summed E-state index contributed by atoms with van der Waals surface area (Å²) in [5.74, 6) is 0. The van der Waals surface area contributed by atoms with Crippen molar-refractivity contribution >= 4 is 0 Å². The van der Waals surface area contributed by atoms with Gasteiger partial charge in [0.05, 0.1) is 0 Å². The van der Waals surface area contributed by atoms with Crippen LogP contribution in [-0.4, -0.2) is 7.05 Å². The Morgan fingerprint density at radius 1 is 1.45 bits per heavy atom. The first kappa shape index (κ1) is 12.9. The zero-order valence-corrected chi connectivity index (χ0v) is 8.44. The predicted molar refractivity (Wildman–Crippen MR) is 55.7 cm³/mol. The Balaban J connectivity index is -0.000000249. The minimum absolute atomic E-state index is 0. The normalized spacial score (nSPS) is 10.8. The van der Waals surface area contributed by atoms with E-state index in [0.29, 0.717) is 0 Å². The summed E-state index contributed by atoms with van der Waals surface area (Å²) in [6.07, 6.45) is 7.24. The Hall–Kier alpha value is -0.720. The molecule has 0 amide bonds. The molecule has 11 heavy (non-hydrogen) atoms. The van der Waals surface area contributed by atoms with Crippen molar-refractivity contribution in [3.8, 4) is 0 Å². The van der Waals surface area contributed by atoms with Crippen LogP contribution >= 0.6 is 0 Å². The summed E-state index contributed by atoms with van der Waals surface area (Å²) < 4.78 is 0. The van der Waals surface area contributed by atoms with Crippen molar-refractivity contribution in [2.45, 2.75) is 34.1 Å². The summed E-state index contributed by atoms with van der Waals surface area (Å²) in [5, 5.41) is 2.94. The van der Waals surface area contributed by atoms with Crippen LogP contribution in [-0.2, 0) is 0 Å². The fraction of sp³-hybridized carbons (Fsp3) is 0.600. The summed E-state index contributed by atoms with van der Waals surface area (Å²) in [7, 11) is 1.90. The molecule has 0 rings (SSSR count). The Morgan fingerprint density at radius 2 is 2.00 bits per heavy atom. The summed E-state index contributed by atoms with van der Waals surface area (Å²) in [4.78, 5) is 0. The van der Waals surface area contributed by atoms with Gasteiger partial charge in [-0.3, -0.25) is 0 Å². The van der Waals surface area contributed by atoms with Gasteiger partial charge in [0.15, 0.2) is 0 Å². The highest BCUT2D eigenvalue weighted by Gasteiger charge is 1.78. The quantitative estimate of drug-likeness (QED) is 0.619. The van der Waals surface area contributed by atoms with Gasteiger partial charge in [-0.2, -0.15) is 0 Å². The molecule has 0 fully saturated rings. The van der Waals surface area contributed by atoms with Crippen molar-refractivity contribution in [1.82, 2.24) is 5.32 Å². The lowest BCUT2D eigenvalue weighted by Gasteiger charge is -1.90. The summed E-state index contributed by atoms with van der Waals surface area (Å²) in [5.41, 5.74) is 1.40. The van der Waals surface area contributed by atoms with Crippen molar-refractivity contribution in [2.24, 2.45) is 0 Å². The van der Waals surface area contributed by atoms with E-state index in [-0.39, 0.29) is 1.43 Å². The van der Waals surface area contributed by atoms with E-state index in [9.17, 15) is 0 Å². The van der Waals surface area contributed by atoms with Gasteiger partial charge in [-0.05, 0) is 26.5 Å². The molecular weight excluding hydrogens is 134 g/mol. The summed E-state index contributed by atoms with van der Waals surface area (Å²) >= 11 is 0. The molecule has 1 N–H and O–H groups in total. The molecule has 0 aromatic heterocycles. The Bertz CT molecular complexity index is 117. The van der Waals surface area contributed by atoms with E-state index in [0.717, 1.165) is 6.42 Å². The minimum atomic E-state index is 0. The molecule has 0 aliphatic rings. The minimum Gasteiger partial charge on any atom is -0.394 e. The van der Waals surface area contributed by atoms with Gasteiger partial charge in [0, 0.05) is 8.47 Å². The van der Waals surface area contributed by atoms with Crippen LogP contribution in [0.2, 0.25) is 0 Å². The lowest BCUT2D eigenvalue weighted by molar-refractivity contribution is 1.07. The molecule has 0 aromatic rings. The first-order valence-electron chi connectivity index (χ1n) is 4.25. The van der Waals surface area contributed by atoms with Crippen LogP contribution in [0.5, 0.6) is 0 Å². The lowest BCUT2D eigenvalue weighted by Crippen LogP contribution is -1.90. The van der Waals surface area contributed by atoms with Gasteiger partial charge in [-0.25, -0.2) is 0 Å². The Kier molecular flexibility index (Phi) is 14.1. The zero-order chi connectivity index (χ0) is 9.11. The molecule has 68 valence electrons. The molecule has 0 spiro atoms. The van der Waals surface area contributed by atoms with Gasteiger partial charge in [0.25, 0.3) is 0 Å². The van der Waals surface area contributed by atoms with Gasteiger partial charge in [-0.1, -0.05) is 31.6 Å². The molecule has 1 nitrogen and oxygen atoms in total. The summed E-state index contributed by atoms with van der Waals surface area (Å²) in [6, 6.07) is 0. The van der Waals surface area contributed by atoms with Crippen LogP contribution in [0.1, 0.15) is 35.5 Å². The number of nitrogens with one attached hydrogen (secondary N) is 1. The van der Waals surface area contributed by atoms with E-state index < -0.39 is 0 Å². The van der Waals surface area contributed by atoms with Gasteiger partial charge in [0.2, 0.25) is 0 Å². The van der Waals surface area contributed by atoms with E-state index in [1.54, 1.807) is 0 Å². The molecule has 0 radical (unpaired) electrons. The molecule has 0 aromatic carbocycles. The van der Waals surface area contributed by atoms with Crippen LogP contribution in [0.25, 0.3) is 0 Å². The fourth-order valence-electron chi connectivity index (χ4n) is 0.481. The number of hydrogen-bond donors (Lipinski definition) is 1. The molecular formula is C10H23N. The maximum absolute atomic E-state index is 2.94. The van der Waals surface area contributed by atoms with E-state index >= 15 is 0 Å². The first-order chi connectivity index (χ1) is 5.31. The maximum atomic E-state index is 2.94. The number of allylic oxidation sites excluding steroid dienone is 3. The fourth-order valence-corrected chi connectivity index (χ4v) is 0.481. The SMILES string of the molecule is C/C=C(/C)C/C=C\NC.CC.[HH]. The van der Waals surface area contributed by atoms with Crippen molar-refractivity contribution < 1.29 is 1.43 Å². The third-order valence-electron chi connectivity index (χ3n) is 1.22. The molecule has 0 heterocycles. The predicted octanol–water partition coefficient (Wildman–Crippen LogP) is 3.35. The maximum Gasteiger partial charge on any atom is 0.00276 e. The lowest BCUT2D eigenvalue weighted by atomic mass is 10.2. The second-order valence-corrected chi connectivity index (χ2v) is 2.03. The molecule has 0 aliphatic heterocycles. The zero-order valence-electron chi connectivity index (χ0n) is 8.44. The molecule has 0 aliphatic carbocycles. The second kappa shape index (κ2) is 12.0. The van der Waals surface area contributed by atoms with Crippen LogP contribution in [0.15, 0.2) is 23.9 Å². The topological polar surface area (TPSA) is 12.0 Å². The third kappa shape index (κ3) is 12.5. The van der Waals surface area contributed by atoms with Crippen LogP contribution in [0, 0.1) is 0 Å². The van der Waals surface area contributed by atoms with E-state index in [4.69, 9.17) is 0 Å². The second-order valence-electron chi connectivity index (χ2n) is 2.03. The van der Waals surface area contributed by atoms with Crippen molar-refractivity contribution in [2.75, 3.05) is 7.05 Å². The Labute approximate surface area is 72.7 Å². The van der Waals surface area contributed by atoms with Crippen molar-refractivity contribution in [3.05, 3.63) is 23.9 Å². The number of rotatable bonds is 3. The van der Waals surface area contributed by atoms with Gasteiger partial charge in [-0.15, -0.1) is 0 Å². The Morgan fingerprint density at radius 3 is 2.36 bits per heavy atom. The number of hydrogen-bond acceptors (Lipinski definition) is 1. The van der Waals surface area contributed by atoms with Crippen LogP contribution in [0.3, 0.4) is 0 Å². The average Bonchev–Trinajstić information content (AvgIpc) is 2.08. The molecule has 0 bridgehead atoms. The first-order valence-corrected chi connectivity index (χ1v) is 4.25. The monoisotopic (exact) mass is 157 g/mol. The molecule has 0 unspecified atom stereocenters. The van der Waals surface area contributed by atoms with Crippen molar-refractivity contribution in [1.29, 1.82) is 0 Å². The van der Waals surface area contributed by atoms with E-state index in [1.165, 1.54) is 5.57 Å². The molecule has 0 atom stereocenters. The summed E-state index contributed by atoms with van der Waals surface area (Å²) in [6.45, 7) is 8.18. The van der Waals surface area contributed by atoms with E-state index in [2.05, 4.69) is 31.3 Å². The van der Waals surface area contributed by atoms with Gasteiger partial charge >= 0.3 is 0 Å². The smallest absolute Gasteiger partial charge is 0.00276 e.